The third-order valence-electron chi connectivity index (χ3n) is 3.87. The number of nitrogens with zero attached hydrogens (tertiary/aromatic N) is 1. The van der Waals surface area contributed by atoms with Crippen molar-refractivity contribution in [2.24, 2.45) is 0 Å². The van der Waals surface area contributed by atoms with E-state index >= 15 is 0 Å². The Morgan fingerprint density at radius 3 is 3.00 bits per heavy atom. The molecule has 1 aliphatic rings. The molecule has 1 aromatic carbocycles. The van der Waals surface area contributed by atoms with E-state index in [1.165, 1.54) is 24.9 Å². The van der Waals surface area contributed by atoms with E-state index < -0.39 is 5.92 Å². The smallest absolute Gasteiger partial charge is 0.257 e. The molecule has 2 heterocycles. The number of carbonyl (C=O) groups excluding carboxylic acids is 1. The maximum Gasteiger partial charge on any atom is 0.257 e. The van der Waals surface area contributed by atoms with Crippen LogP contribution in [0.4, 0.5) is 5.82 Å². The van der Waals surface area contributed by atoms with Crippen LogP contribution in [0.3, 0.4) is 0 Å². The number of nitrogens with one attached hydrogen (secondary N) is 2. The summed E-state index contributed by atoms with van der Waals surface area (Å²) < 4.78 is 5.12. The van der Waals surface area contributed by atoms with Crippen LogP contribution in [0.2, 0.25) is 0 Å². The second-order valence-corrected chi connectivity index (χ2v) is 6.48. The molecule has 0 aliphatic carbocycles. The minimum Gasteiger partial charge on any atom is -0.504 e. The van der Waals surface area contributed by atoms with Crippen LogP contribution in [0.1, 0.15) is 23.5 Å². The number of amides is 1. The summed E-state index contributed by atoms with van der Waals surface area (Å²) in [5.41, 5.74) is 0.799. The summed E-state index contributed by atoms with van der Waals surface area (Å²) in [6.07, 6.45) is 1.82. The van der Waals surface area contributed by atoms with E-state index in [9.17, 15) is 14.7 Å². The Kier molecular flexibility index (Phi) is 4.80. The molecule has 0 radical (unpaired) electrons. The van der Waals surface area contributed by atoms with Crippen LogP contribution < -0.4 is 15.6 Å². The predicted octanol–water partition coefficient (Wildman–Crippen LogP) is 2.24. The van der Waals surface area contributed by atoms with Gasteiger partial charge in [-0.05, 0) is 17.7 Å². The Hall–Kier alpha value is -2.74. The molecule has 1 amide bonds. The zero-order valence-corrected chi connectivity index (χ0v) is 14.4. The Bertz CT molecular complexity index is 894. The number of hydrogen-bond donors (Lipinski definition) is 3. The van der Waals surface area contributed by atoms with Crippen molar-refractivity contribution in [2.45, 2.75) is 17.5 Å². The number of carbonyl (C=O) groups is 1. The van der Waals surface area contributed by atoms with Crippen molar-refractivity contribution >= 4 is 23.5 Å². The molecule has 2 aromatic rings. The quantitative estimate of drug-likeness (QED) is 0.430. The van der Waals surface area contributed by atoms with Gasteiger partial charge in [0.25, 0.3) is 5.56 Å². The number of H-pyrrole nitrogens is 1. The molecular weight excluding hydrogens is 342 g/mol. The first kappa shape index (κ1) is 17.1. The summed E-state index contributed by atoms with van der Waals surface area (Å²) in [5, 5.41) is 12.9. The monoisotopic (exact) mass is 359 g/mol. The second kappa shape index (κ2) is 7.02. The molecular formula is C17H17N3O4S. The molecule has 3 N–H and O–H groups in total. The molecule has 8 heteroatoms. The van der Waals surface area contributed by atoms with Gasteiger partial charge in [0.15, 0.2) is 16.7 Å². The van der Waals surface area contributed by atoms with Crippen LogP contribution in [0.15, 0.2) is 40.8 Å². The highest BCUT2D eigenvalue weighted by Crippen LogP contribution is 2.37. The zero-order valence-electron chi connectivity index (χ0n) is 13.5. The van der Waals surface area contributed by atoms with Crippen LogP contribution in [-0.4, -0.2) is 33.8 Å². The molecule has 130 valence electrons. The number of thioether (sulfide) groups is 1. The fraction of sp³-hybridized carbons (Fsp3) is 0.235. The highest BCUT2D eigenvalue weighted by molar-refractivity contribution is 7.99. The first-order valence-electron chi connectivity index (χ1n) is 7.58. The van der Waals surface area contributed by atoms with Crippen LogP contribution in [-0.2, 0) is 4.79 Å². The molecule has 1 atom stereocenters. The average Bonchev–Trinajstić information content (AvgIpc) is 2.59. The van der Waals surface area contributed by atoms with Crippen molar-refractivity contribution in [1.82, 2.24) is 9.97 Å². The lowest BCUT2D eigenvalue weighted by Crippen LogP contribution is -2.31. The van der Waals surface area contributed by atoms with E-state index in [1.807, 2.05) is 0 Å². The maximum absolute atomic E-state index is 12.6. The van der Waals surface area contributed by atoms with Gasteiger partial charge in [-0.3, -0.25) is 9.59 Å². The number of ether oxygens (including phenoxy) is 1. The summed E-state index contributed by atoms with van der Waals surface area (Å²) in [5.74, 6) is 0.454. The lowest BCUT2D eigenvalue weighted by atomic mass is 9.86. The van der Waals surface area contributed by atoms with Crippen molar-refractivity contribution in [1.29, 1.82) is 0 Å². The predicted molar refractivity (Wildman–Crippen MR) is 95.5 cm³/mol. The number of phenols is 1. The highest BCUT2D eigenvalue weighted by Gasteiger charge is 2.31. The molecule has 25 heavy (non-hydrogen) atoms. The van der Waals surface area contributed by atoms with Crippen LogP contribution >= 0.6 is 11.8 Å². The van der Waals surface area contributed by atoms with Gasteiger partial charge in [-0.2, -0.15) is 0 Å². The van der Waals surface area contributed by atoms with Gasteiger partial charge in [0.1, 0.15) is 5.82 Å². The largest absolute Gasteiger partial charge is 0.504 e. The molecule has 1 aliphatic heterocycles. The van der Waals surface area contributed by atoms with Gasteiger partial charge in [0.05, 0.1) is 12.7 Å². The summed E-state index contributed by atoms with van der Waals surface area (Å²) >= 11 is 1.32. The fourth-order valence-corrected chi connectivity index (χ4v) is 3.35. The molecule has 3 rings (SSSR count). The number of hydrogen-bond acceptors (Lipinski definition) is 6. The molecule has 0 saturated heterocycles. The summed E-state index contributed by atoms with van der Waals surface area (Å²) in [4.78, 5) is 31.8. The Morgan fingerprint density at radius 2 is 2.28 bits per heavy atom. The third-order valence-corrected chi connectivity index (χ3v) is 4.74. The number of methoxy groups -OCH3 is 1. The lowest BCUT2D eigenvalue weighted by Gasteiger charge is -2.24. The zero-order chi connectivity index (χ0) is 18.0. The molecule has 7 nitrogen and oxygen atoms in total. The van der Waals surface area contributed by atoms with Crippen LogP contribution in [0.5, 0.6) is 11.5 Å². The molecule has 0 spiro atoms. The van der Waals surface area contributed by atoms with Crippen molar-refractivity contribution < 1.29 is 14.6 Å². The van der Waals surface area contributed by atoms with Crippen molar-refractivity contribution in [3.05, 3.63) is 52.3 Å². The van der Waals surface area contributed by atoms with Crippen LogP contribution in [0.25, 0.3) is 0 Å². The summed E-state index contributed by atoms with van der Waals surface area (Å²) in [7, 11) is 1.44. The van der Waals surface area contributed by atoms with E-state index in [4.69, 9.17) is 4.74 Å². The summed E-state index contributed by atoms with van der Waals surface area (Å²) in [6.45, 7) is 3.63. The molecule has 0 bridgehead atoms. The molecule has 0 fully saturated rings. The Morgan fingerprint density at radius 1 is 1.48 bits per heavy atom. The number of aromatic hydroxyl groups is 1. The van der Waals surface area contributed by atoms with Crippen molar-refractivity contribution in [2.75, 3.05) is 18.2 Å². The normalized spacial score (nSPS) is 16.0. The SMILES string of the molecule is C=CCSc1nc2c(c(=O)[nH]1)[C@@H](c1ccc(O)c(OC)c1)CC(=O)N2. The number of benzene rings is 1. The summed E-state index contributed by atoms with van der Waals surface area (Å²) in [6, 6.07) is 4.78. The number of rotatable bonds is 5. The maximum atomic E-state index is 12.6. The first-order chi connectivity index (χ1) is 12.0. The van der Waals surface area contributed by atoms with Gasteiger partial charge < -0.3 is 20.1 Å². The standard InChI is InChI=1S/C17H17N3O4S/c1-3-6-25-17-19-15-14(16(23)20-17)10(8-13(22)18-15)9-4-5-11(21)12(7-9)24-2/h3-5,7,10,21H,1,6,8H2,2H3,(H2,18,19,20,22,23)/t10-/m1/s1. The fourth-order valence-electron chi connectivity index (χ4n) is 2.75. The van der Waals surface area contributed by atoms with Gasteiger partial charge in [-0.15, -0.1) is 6.58 Å². The second-order valence-electron chi connectivity index (χ2n) is 5.47. The minimum atomic E-state index is -0.465. The van der Waals surface area contributed by atoms with Crippen molar-refractivity contribution in [3.8, 4) is 11.5 Å². The topological polar surface area (TPSA) is 104 Å². The first-order valence-corrected chi connectivity index (χ1v) is 8.56. The Labute approximate surface area is 148 Å². The van der Waals surface area contributed by atoms with E-state index in [0.29, 0.717) is 22.0 Å². The van der Waals surface area contributed by atoms with Gasteiger partial charge in [-0.25, -0.2) is 4.98 Å². The van der Waals surface area contributed by atoms with E-state index in [-0.39, 0.29) is 35.2 Å². The van der Waals surface area contributed by atoms with E-state index in [0.717, 1.165) is 0 Å². The van der Waals surface area contributed by atoms with Crippen LogP contribution in [0, 0.1) is 0 Å². The number of fused-ring (bicyclic) bond motifs is 1. The Balaban J connectivity index is 2.08. The average molecular weight is 359 g/mol. The lowest BCUT2D eigenvalue weighted by molar-refractivity contribution is -0.116. The number of aromatic nitrogens is 2. The molecule has 0 saturated carbocycles. The number of anilines is 1. The van der Waals surface area contributed by atoms with Crippen molar-refractivity contribution in [3.63, 3.8) is 0 Å². The minimum absolute atomic E-state index is 0.00468. The third kappa shape index (κ3) is 3.39. The van der Waals surface area contributed by atoms with E-state index in [2.05, 4.69) is 21.9 Å². The highest BCUT2D eigenvalue weighted by atomic mass is 32.2. The molecule has 0 unspecified atom stereocenters. The van der Waals surface area contributed by atoms with Gasteiger partial charge in [0, 0.05) is 18.1 Å². The van der Waals surface area contributed by atoms with Gasteiger partial charge >= 0.3 is 0 Å². The number of phenolic OH excluding ortho intramolecular Hbond substituents is 1. The van der Waals surface area contributed by atoms with Gasteiger partial charge in [-0.1, -0.05) is 23.9 Å². The van der Waals surface area contributed by atoms with E-state index in [1.54, 1.807) is 18.2 Å². The number of aromatic amines is 1. The molecule has 1 aromatic heterocycles. The van der Waals surface area contributed by atoms with Gasteiger partial charge in [0.2, 0.25) is 5.91 Å².